The molecule has 0 amide bonds. The van der Waals surface area contributed by atoms with Crippen LogP contribution in [0.25, 0.3) is 0 Å². The highest BCUT2D eigenvalue weighted by atomic mass is 16.5. The van der Waals surface area contributed by atoms with Gasteiger partial charge in [-0.3, -0.25) is 4.79 Å². The average molecular weight is 310 g/mol. The molecule has 3 nitrogen and oxygen atoms in total. The molecule has 1 N–H and O–H groups in total. The second-order valence-electron chi connectivity index (χ2n) is 8.97. The minimum Gasteiger partial charge on any atom is -0.465 e. The van der Waals surface area contributed by atoms with E-state index in [-0.39, 0.29) is 17.4 Å². The Bertz CT molecular complexity index is 401. The summed E-state index contributed by atoms with van der Waals surface area (Å²) in [5.74, 6) is 0.970. The predicted molar refractivity (Wildman–Crippen MR) is 88.4 cm³/mol. The molecule has 2 rings (SSSR count). The first-order chi connectivity index (χ1) is 10.1. The molecule has 0 bridgehead atoms. The quantitative estimate of drug-likeness (QED) is 0.769. The maximum atomic E-state index is 11.0. The van der Waals surface area contributed by atoms with Gasteiger partial charge in [0.05, 0.1) is 11.7 Å². The lowest BCUT2D eigenvalue weighted by atomic mass is 9.45. The van der Waals surface area contributed by atoms with Gasteiger partial charge in [-0.15, -0.1) is 0 Å². The zero-order valence-corrected chi connectivity index (χ0v) is 15.0. The third kappa shape index (κ3) is 3.20. The van der Waals surface area contributed by atoms with Gasteiger partial charge in [0.15, 0.2) is 0 Å². The molecule has 2 fully saturated rings. The van der Waals surface area contributed by atoms with E-state index in [1.807, 2.05) is 13.8 Å². The lowest BCUT2D eigenvalue weighted by molar-refractivity contribution is -0.171. The molecule has 0 aromatic heterocycles. The van der Waals surface area contributed by atoms with E-state index in [1.165, 1.54) is 19.3 Å². The fourth-order valence-electron chi connectivity index (χ4n) is 5.83. The zero-order chi connectivity index (χ0) is 16.6. The van der Waals surface area contributed by atoms with Gasteiger partial charge in [0.25, 0.3) is 6.47 Å². The van der Waals surface area contributed by atoms with Gasteiger partial charge >= 0.3 is 0 Å². The molecule has 3 heteroatoms. The van der Waals surface area contributed by atoms with E-state index in [9.17, 15) is 9.90 Å². The van der Waals surface area contributed by atoms with E-state index in [2.05, 4.69) is 20.8 Å². The smallest absolute Gasteiger partial charge is 0.293 e. The van der Waals surface area contributed by atoms with Crippen LogP contribution in [0.3, 0.4) is 0 Å². The van der Waals surface area contributed by atoms with Crippen LogP contribution in [-0.4, -0.2) is 23.3 Å². The number of ether oxygens (including phenoxy) is 1. The molecule has 0 saturated heterocycles. The van der Waals surface area contributed by atoms with E-state index in [1.54, 1.807) is 0 Å². The summed E-state index contributed by atoms with van der Waals surface area (Å²) in [5.41, 5.74) is -0.0311. The van der Waals surface area contributed by atoms with Crippen LogP contribution >= 0.6 is 0 Å². The van der Waals surface area contributed by atoms with Crippen LogP contribution < -0.4 is 0 Å². The third-order valence-electron chi connectivity index (χ3n) is 6.91. The summed E-state index contributed by atoms with van der Waals surface area (Å²) in [6.45, 7) is 11.7. The Morgan fingerprint density at radius 1 is 1.23 bits per heavy atom. The Hall–Kier alpha value is -0.570. The number of aliphatic hydroxyl groups is 1. The lowest BCUT2D eigenvalue weighted by Crippen LogP contribution is -2.57. The van der Waals surface area contributed by atoms with Crippen LogP contribution in [0.5, 0.6) is 0 Å². The minimum atomic E-state index is -0.598. The Morgan fingerprint density at radius 2 is 1.91 bits per heavy atom. The van der Waals surface area contributed by atoms with E-state index in [4.69, 9.17) is 4.74 Å². The Kier molecular flexibility index (Phi) is 4.97. The van der Waals surface area contributed by atoms with Gasteiger partial charge in [0.2, 0.25) is 0 Å². The standard InChI is InChI=1S/C19H34O3/c1-14(22-13-20)7-8-16-18(4)11-6-10-17(2,3)15(18)9-12-19(16,5)21/h13-16,21H,6-12H2,1-5H3. The molecule has 0 spiro atoms. The van der Waals surface area contributed by atoms with Gasteiger partial charge in [-0.1, -0.05) is 27.2 Å². The molecule has 5 unspecified atom stereocenters. The number of hydrogen-bond acceptors (Lipinski definition) is 3. The number of fused-ring (bicyclic) bond motifs is 1. The minimum absolute atomic E-state index is 0.0612. The molecule has 0 radical (unpaired) electrons. The number of carbonyl (C=O) groups excluding carboxylic acids is 1. The fourth-order valence-corrected chi connectivity index (χ4v) is 5.83. The van der Waals surface area contributed by atoms with Crippen LogP contribution in [0.1, 0.15) is 79.6 Å². The highest BCUT2D eigenvalue weighted by Crippen LogP contribution is 2.62. The molecule has 2 saturated carbocycles. The first-order valence-corrected chi connectivity index (χ1v) is 8.95. The molecule has 0 heterocycles. The van der Waals surface area contributed by atoms with Crippen LogP contribution in [0.4, 0.5) is 0 Å². The second-order valence-corrected chi connectivity index (χ2v) is 8.97. The maximum Gasteiger partial charge on any atom is 0.293 e. The Balaban J connectivity index is 2.20. The number of carbonyl (C=O) groups is 1. The number of hydrogen-bond donors (Lipinski definition) is 1. The van der Waals surface area contributed by atoms with Crippen molar-refractivity contribution in [1.29, 1.82) is 0 Å². The van der Waals surface area contributed by atoms with Crippen LogP contribution in [0.15, 0.2) is 0 Å². The van der Waals surface area contributed by atoms with Gasteiger partial charge in [0.1, 0.15) is 0 Å². The average Bonchev–Trinajstić information content (AvgIpc) is 2.36. The van der Waals surface area contributed by atoms with Gasteiger partial charge in [0, 0.05) is 0 Å². The topological polar surface area (TPSA) is 46.5 Å². The third-order valence-corrected chi connectivity index (χ3v) is 6.91. The largest absolute Gasteiger partial charge is 0.465 e. The molecule has 5 atom stereocenters. The Labute approximate surface area is 135 Å². The van der Waals surface area contributed by atoms with E-state index < -0.39 is 5.60 Å². The molecule has 2 aliphatic rings. The van der Waals surface area contributed by atoms with Crippen molar-refractivity contribution in [2.45, 2.75) is 91.3 Å². The summed E-state index contributed by atoms with van der Waals surface area (Å²) in [4.78, 5) is 10.5. The van der Waals surface area contributed by atoms with Crippen LogP contribution in [0.2, 0.25) is 0 Å². The summed E-state index contributed by atoms with van der Waals surface area (Å²) in [7, 11) is 0. The molecular formula is C19H34O3. The van der Waals surface area contributed by atoms with Gasteiger partial charge in [-0.05, 0) is 75.0 Å². The predicted octanol–water partition coefficient (Wildman–Crippen LogP) is 4.32. The summed E-state index contributed by atoms with van der Waals surface area (Å²) in [6.07, 6.45) is 7.50. The SMILES string of the molecule is CC(CCC1C(C)(O)CCC2C(C)(C)CCCC21C)OC=O. The van der Waals surface area contributed by atoms with Crippen molar-refractivity contribution in [3.05, 3.63) is 0 Å². The summed E-state index contributed by atoms with van der Waals surface area (Å²) in [5, 5.41) is 11.0. The normalized spacial score (nSPS) is 42.3. The van der Waals surface area contributed by atoms with Gasteiger partial charge < -0.3 is 9.84 Å². The Morgan fingerprint density at radius 3 is 2.55 bits per heavy atom. The van der Waals surface area contributed by atoms with E-state index in [0.717, 1.165) is 25.7 Å². The van der Waals surface area contributed by atoms with Crippen molar-refractivity contribution in [3.8, 4) is 0 Å². The first kappa shape index (κ1) is 17.8. The highest BCUT2D eigenvalue weighted by Gasteiger charge is 2.57. The lowest BCUT2D eigenvalue weighted by Gasteiger charge is -2.61. The molecule has 22 heavy (non-hydrogen) atoms. The number of rotatable bonds is 5. The summed E-state index contributed by atoms with van der Waals surface area (Å²) < 4.78 is 5.05. The monoisotopic (exact) mass is 310 g/mol. The summed E-state index contributed by atoms with van der Waals surface area (Å²) in [6, 6.07) is 0. The van der Waals surface area contributed by atoms with Crippen LogP contribution in [-0.2, 0) is 9.53 Å². The zero-order valence-electron chi connectivity index (χ0n) is 15.0. The van der Waals surface area contributed by atoms with Crippen molar-refractivity contribution in [2.75, 3.05) is 0 Å². The van der Waals surface area contributed by atoms with Gasteiger partial charge in [-0.25, -0.2) is 0 Å². The van der Waals surface area contributed by atoms with Crippen molar-refractivity contribution < 1.29 is 14.6 Å². The molecular weight excluding hydrogens is 276 g/mol. The molecule has 128 valence electrons. The molecule has 0 aromatic carbocycles. The first-order valence-electron chi connectivity index (χ1n) is 8.95. The van der Waals surface area contributed by atoms with E-state index in [0.29, 0.717) is 17.8 Å². The maximum absolute atomic E-state index is 11.0. The van der Waals surface area contributed by atoms with Crippen molar-refractivity contribution in [3.63, 3.8) is 0 Å². The van der Waals surface area contributed by atoms with Crippen LogP contribution in [0, 0.1) is 22.7 Å². The van der Waals surface area contributed by atoms with E-state index >= 15 is 0 Å². The fraction of sp³-hybridized carbons (Fsp3) is 0.947. The molecule has 2 aliphatic carbocycles. The van der Waals surface area contributed by atoms with Crippen molar-refractivity contribution in [2.24, 2.45) is 22.7 Å². The van der Waals surface area contributed by atoms with Crippen molar-refractivity contribution >= 4 is 6.47 Å². The van der Waals surface area contributed by atoms with Crippen molar-refractivity contribution in [1.82, 2.24) is 0 Å². The molecule has 0 aliphatic heterocycles. The van der Waals surface area contributed by atoms with Gasteiger partial charge in [-0.2, -0.15) is 0 Å². The highest BCUT2D eigenvalue weighted by molar-refractivity contribution is 5.37. The second kappa shape index (κ2) is 6.14. The molecule has 0 aromatic rings. The summed E-state index contributed by atoms with van der Waals surface area (Å²) >= 11 is 0.